The SMILES string of the molecule is COc1ccc(CN2C[C@@H](O)[C@@H](O)C2)c(F)c1. The summed E-state index contributed by atoms with van der Waals surface area (Å²) in [5, 5.41) is 18.8. The number of nitrogens with zero attached hydrogens (tertiary/aromatic N) is 1. The second-order valence-electron chi connectivity index (χ2n) is 4.29. The quantitative estimate of drug-likeness (QED) is 0.803. The van der Waals surface area contributed by atoms with Crippen LogP contribution >= 0.6 is 0 Å². The van der Waals surface area contributed by atoms with E-state index < -0.39 is 12.2 Å². The van der Waals surface area contributed by atoms with E-state index in [2.05, 4.69) is 0 Å². The molecule has 0 radical (unpaired) electrons. The second-order valence-corrected chi connectivity index (χ2v) is 4.29. The molecule has 0 spiro atoms. The van der Waals surface area contributed by atoms with Crippen molar-refractivity contribution in [2.24, 2.45) is 0 Å². The molecule has 2 rings (SSSR count). The number of benzene rings is 1. The lowest BCUT2D eigenvalue weighted by Crippen LogP contribution is -2.22. The van der Waals surface area contributed by atoms with Crippen molar-refractivity contribution in [1.29, 1.82) is 0 Å². The maximum absolute atomic E-state index is 13.7. The normalized spacial score (nSPS) is 25.2. The van der Waals surface area contributed by atoms with Gasteiger partial charge in [-0.15, -0.1) is 0 Å². The third kappa shape index (κ3) is 2.74. The van der Waals surface area contributed by atoms with Crippen molar-refractivity contribution in [2.75, 3.05) is 20.2 Å². The average Bonchev–Trinajstić information content (AvgIpc) is 2.61. The maximum atomic E-state index is 13.7. The number of aliphatic hydroxyl groups excluding tert-OH is 2. The van der Waals surface area contributed by atoms with Gasteiger partial charge in [-0.1, -0.05) is 6.07 Å². The highest BCUT2D eigenvalue weighted by Crippen LogP contribution is 2.20. The lowest BCUT2D eigenvalue weighted by molar-refractivity contribution is 0.0572. The van der Waals surface area contributed by atoms with Gasteiger partial charge in [-0.3, -0.25) is 4.90 Å². The first kappa shape index (κ1) is 12.3. The zero-order valence-corrected chi connectivity index (χ0v) is 9.64. The number of hydrogen-bond donors (Lipinski definition) is 2. The minimum absolute atomic E-state index is 0.333. The first-order valence-corrected chi connectivity index (χ1v) is 5.51. The van der Waals surface area contributed by atoms with Gasteiger partial charge in [0.25, 0.3) is 0 Å². The lowest BCUT2D eigenvalue weighted by atomic mass is 10.2. The molecule has 0 bridgehead atoms. The summed E-state index contributed by atoms with van der Waals surface area (Å²) in [6.07, 6.45) is -1.48. The summed E-state index contributed by atoms with van der Waals surface area (Å²) >= 11 is 0. The molecular weight excluding hydrogens is 225 g/mol. The van der Waals surface area contributed by atoms with Crippen molar-refractivity contribution in [1.82, 2.24) is 4.90 Å². The molecule has 0 aliphatic carbocycles. The molecule has 2 N–H and O–H groups in total. The zero-order chi connectivity index (χ0) is 12.4. The van der Waals surface area contributed by atoms with Crippen LogP contribution in [0.2, 0.25) is 0 Å². The van der Waals surface area contributed by atoms with Crippen molar-refractivity contribution in [3.8, 4) is 5.75 Å². The highest BCUT2D eigenvalue weighted by molar-refractivity contribution is 5.28. The van der Waals surface area contributed by atoms with Gasteiger partial charge in [0, 0.05) is 31.3 Å². The minimum atomic E-state index is -0.740. The molecule has 4 nitrogen and oxygen atoms in total. The first-order chi connectivity index (χ1) is 8.10. The summed E-state index contributed by atoms with van der Waals surface area (Å²) in [6.45, 7) is 1.11. The van der Waals surface area contributed by atoms with Gasteiger partial charge in [-0.2, -0.15) is 0 Å². The molecular formula is C12H16FNO3. The summed E-state index contributed by atoms with van der Waals surface area (Å²) in [4.78, 5) is 1.82. The fourth-order valence-corrected chi connectivity index (χ4v) is 2.00. The Balaban J connectivity index is 2.04. The third-order valence-corrected chi connectivity index (χ3v) is 2.99. The van der Waals surface area contributed by atoms with Gasteiger partial charge in [-0.05, 0) is 6.07 Å². The molecule has 1 aromatic rings. The Hall–Kier alpha value is -1.17. The molecule has 1 aliphatic heterocycles. The van der Waals surface area contributed by atoms with E-state index in [-0.39, 0.29) is 5.82 Å². The van der Waals surface area contributed by atoms with Crippen LogP contribution in [-0.2, 0) is 6.54 Å². The van der Waals surface area contributed by atoms with Crippen LogP contribution in [0.1, 0.15) is 5.56 Å². The molecule has 1 aromatic carbocycles. The van der Waals surface area contributed by atoms with E-state index in [1.54, 1.807) is 12.1 Å². The number of aliphatic hydroxyl groups is 2. The van der Waals surface area contributed by atoms with Gasteiger partial charge in [-0.25, -0.2) is 4.39 Å². The number of rotatable bonds is 3. The monoisotopic (exact) mass is 241 g/mol. The fourth-order valence-electron chi connectivity index (χ4n) is 2.00. The number of halogens is 1. The van der Waals surface area contributed by atoms with Crippen molar-refractivity contribution in [2.45, 2.75) is 18.8 Å². The lowest BCUT2D eigenvalue weighted by Gasteiger charge is -2.15. The van der Waals surface area contributed by atoms with E-state index in [4.69, 9.17) is 4.74 Å². The Bertz CT molecular complexity index is 389. The topological polar surface area (TPSA) is 52.9 Å². The molecule has 1 heterocycles. The first-order valence-electron chi connectivity index (χ1n) is 5.51. The molecule has 17 heavy (non-hydrogen) atoms. The summed E-state index contributed by atoms with van der Waals surface area (Å²) in [7, 11) is 1.49. The van der Waals surface area contributed by atoms with Crippen LogP contribution in [0.3, 0.4) is 0 Å². The molecule has 2 atom stereocenters. The van der Waals surface area contributed by atoms with E-state index in [1.165, 1.54) is 13.2 Å². The van der Waals surface area contributed by atoms with Gasteiger partial charge in [0.15, 0.2) is 0 Å². The number of ether oxygens (including phenoxy) is 1. The highest BCUT2D eigenvalue weighted by atomic mass is 19.1. The summed E-state index contributed by atoms with van der Waals surface area (Å²) in [6, 6.07) is 4.69. The van der Waals surface area contributed by atoms with Crippen LogP contribution in [0, 0.1) is 5.82 Å². The summed E-state index contributed by atoms with van der Waals surface area (Å²) in [5.74, 6) is 0.146. The molecule has 94 valence electrons. The molecule has 5 heteroatoms. The molecule has 0 unspecified atom stereocenters. The predicted octanol–water partition coefficient (Wildman–Crippen LogP) is 0.372. The number of methoxy groups -OCH3 is 1. The fraction of sp³-hybridized carbons (Fsp3) is 0.500. The van der Waals surface area contributed by atoms with Crippen LogP contribution in [-0.4, -0.2) is 47.5 Å². The molecule has 0 aromatic heterocycles. The molecule has 1 aliphatic rings. The predicted molar refractivity (Wildman–Crippen MR) is 60.2 cm³/mol. The minimum Gasteiger partial charge on any atom is -0.497 e. The van der Waals surface area contributed by atoms with Gasteiger partial charge >= 0.3 is 0 Å². The molecule has 0 saturated carbocycles. The molecule has 1 fully saturated rings. The Morgan fingerprint density at radius 2 is 2.00 bits per heavy atom. The standard InChI is InChI=1S/C12H16FNO3/c1-17-9-3-2-8(10(13)4-9)5-14-6-11(15)12(16)7-14/h2-4,11-12,15-16H,5-7H2,1H3/t11-,12+. The van der Waals surface area contributed by atoms with Gasteiger partial charge < -0.3 is 14.9 Å². The van der Waals surface area contributed by atoms with Crippen LogP contribution in [0.15, 0.2) is 18.2 Å². The smallest absolute Gasteiger partial charge is 0.131 e. The average molecular weight is 241 g/mol. The second kappa shape index (κ2) is 5.00. The number of β-amino-alcohol motifs (C(OH)–C–C–N with tert-alkyl or cyclic N) is 2. The van der Waals surface area contributed by atoms with E-state index in [0.29, 0.717) is 30.9 Å². The van der Waals surface area contributed by atoms with Crippen LogP contribution in [0.4, 0.5) is 4.39 Å². The molecule has 0 amide bonds. The van der Waals surface area contributed by atoms with Crippen LogP contribution < -0.4 is 4.74 Å². The maximum Gasteiger partial charge on any atom is 0.131 e. The van der Waals surface area contributed by atoms with Gasteiger partial charge in [0.2, 0.25) is 0 Å². The van der Waals surface area contributed by atoms with Crippen molar-refractivity contribution in [3.63, 3.8) is 0 Å². The van der Waals surface area contributed by atoms with Gasteiger partial charge in [0.05, 0.1) is 19.3 Å². The van der Waals surface area contributed by atoms with E-state index in [0.717, 1.165) is 0 Å². The highest BCUT2D eigenvalue weighted by Gasteiger charge is 2.29. The Morgan fingerprint density at radius 3 is 2.53 bits per heavy atom. The van der Waals surface area contributed by atoms with Crippen molar-refractivity contribution in [3.05, 3.63) is 29.6 Å². The largest absolute Gasteiger partial charge is 0.497 e. The van der Waals surface area contributed by atoms with Crippen molar-refractivity contribution >= 4 is 0 Å². The number of likely N-dealkylation sites (tertiary alicyclic amines) is 1. The van der Waals surface area contributed by atoms with E-state index in [9.17, 15) is 14.6 Å². The van der Waals surface area contributed by atoms with E-state index in [1.807, 2.05) is 4.90 Å². The van der Waals surface area contributed by atoms with Gasteiger partial charge in [0.1, 0.15) is 11.6 Å². The summed E-state index contributed by atoms with van der Waals surface area (Å²) < 4.78 is 18.6. The van der Waals surface area contributed by atoms with E-state index >= 15 is 0 Å². The number of hydrogen-bond acceptors (Lipinski definition) is 4. The third-order valence-electron chi connectivity index (χ3n) is 2.99. The Morgan fingerprint density at radius 1 is 1.35 bits per heavy atom. The summed E-state index contributed by atoms with van der Waals surface area (Å²) in [5.41, 5.74) is 0.534. The Labute approximate surface area is 99.2 Å². The Kier molecular flexibility index (Phi) is 3.61. The van der Waals surface area contributed by atoms with Crippen LogP contribution in [0.5, 0.6) is 5.75 Å². The zero-order valence-electron chi connectivity index (χ0n) is 9.64. The van der Waals surface area contributed by atoms with Crippen molar-refractivity contribution < 1.29 is 19.3 Å². The molecule has 1 saturated heterocycles. The van der Waals surface area contributed by atoms with Crippen LogP contribution in [0.25, 0.3) is 0 Å².